The molecule has 2 aromatic carbocycles. The van der Waals surface area contributed by atoms with Gasteiger partial charge in [0.25, 0.3) is 0 Å². The van der Waals surface area contributed by atoms with Gasteiger partial charge in [0, 0.05) is 36.1 Å². The number of nitrogens with one attached hydrogen (secondary N) is 2. The molecule has 6 rings (SSSR count). The van der Waals surface area contributed by atoms with E-state index in [0.29, 0.717) is 34.5 Å². The van der Waals surface area contributed by atoms with Crippen LogP contribution >= 0.6 is 0 Å². The summed E-state index contributed by atoms with van der Waals surface area (Å²) >= 11 is 0. The van der Waals surface area contributed by atoms with Gasteiger partial charge >= 0.3 is 0 Å². The minimum Gasteiger partial charge on any atom is -0.437 e. The predicted molar refractivity (Wildman–Crippen MR) is 163 cm³/mol. The van der Waals surface area contributed by atoms with Crippen molar-refractivity contribution in [2.75, 3.05) is 18.4 Å². The normalized spacial score (nSPS) is 15.4. The second-order valence-corrected chi connectivity index (χ2v) is 12.4. The molecule has 1 atom stereocenters. The fourth-order valence-corrected chi connectivity index (χ4v) is 6.61. The zero-order valence-corrected chi connectivity index (χ0v) is 24.4. The monoisotopic (exact) mass is 580 g/mol. The maximum absolute atomic E-state index is 13.3. The number of piperidine rings is 1. The third-order valence-electron chi connectivity index (χ3n) is 7.36. The molecule has 0 aliphatic carbocycles. The summed E-state index contributed by atoms with van der Waals surface area (Å²) in [7, 11) is -3.66. The lowest BCUT2D eigenvalue weighted by Gasteiger charge is -2.23. The van der Waals surface area contributed by atoms with Gasteiger partial charge in [-0.25, -0.2) is 28.4 Å². The van der Waals surface area contributed by atoms with Crippen molar-refractivity contribution in [2.24, 2.45) is 0 Å². The molecule has 214 valence electrons. The fourth-order valence-electron chi connectivity index (χ4n) is 5.24. The minimum absolute atomic E-state index is 0.0691. The van der Waals surface area contributed by atoms with Gasteiger partial charge in [-0.15, -0.1) is 0 Å². The van der Waals surface area contributed by atoms with E-state index in [1.807, 2.05) is 55.5 Å². The Bertz CT molecular complexity index is 1860. The summed E-state index contributed by atoms with van der Waals surface area (Å²) in [5.41, 5.74) is 3.64. The second-order valence-electron chi connectivity index (χ2n) is 10.5. The van der Waals surface area contributed by atoms with Gasteiger partial charge in [-0.2, -0.15) is 0 Å². The summed E-state index contributed by atoms with van der Waals surface area (Å²) in [6.07, 6.45) is 5.59. The Morgan fingerprint density at radius 1 is 0.929 bits per heavy atom. The van der Waals surface area contributed by atoms with Crippen molar-refractivity contribution in [3.63, 3.8) is 0 Å². The zero-order chi connectivity index (χ0) is 29.1. The quantitative estimate of drug-likeness (QED) is 0.241. The molecule has 3 aromatic heterocycles. The Morgan fingerprint density at radius 3 is 2.64 bits per heavy atom. The van der Waals surface area contributed by atoms with E-state index in [2.05, 4.69) is 25.6 Å². The van der Waals surface area contributed by atoms with E-state index in [1.54, 1.807) is 31.5 Å². The van der Waals surface area contributed by atoms with Crippen molar-refractivity contribution < 1.29 is 13.2 Å². The Balaban J connectivity index is 1.33. The number of aryl methyl sites for hydroxylation is 2. The lowest BCUT2D eigenvalue weighted by atomic mass is 10.0. The zero-order valence-electron chi connectivity index (χ0n) is 23.5. The molecule has 0 unspecified atom stereocenters. The minimum atomic E-state index is -3.66. The highest BCUT2D eigenvalue weighted by Crippen LogP contribution is 2.38. The third-order valence-corrected chi connectivity index (χ3v) is 8.91. The molecule has 10 heteroatoms. The number of rotatable bonds is 8. The Morgan fingerprint density at radius 2 is 1.81 bits per heavy atom. The van der Waals surface area contributed by atoms with E-state index in [-0.39, 0.29) is 16.8 Å². The standard InChI is InChI=1S/C32H32N6O3S/c1-21-13-14-25-23(20-42(39,40)29-12-3-7-22(2)36-29)8-4-10-26(25)30(21)41-31-27(11-6-17-34-31)28-15-18-35-32(38-28)37-24-9-5-16-33-19-24/h3-4,6-8,10-15,17-18,24,33H,5,9,16,19-20H2,1-2H3,(H,35,37,38)/t24-/m0/s1. The van der Waals surface area contributed by atoms with Gasteiger partial charge in [0.2, 0.25) is 11.8 Å². The Labute approximate surface area is 245 Å². The number of nitrogens with zero attached hydrogens (tertiary/aromatic N) is 4. The predicted octanol–water partition coefficient (Wildman–Crippen LogP) is 5.63. The number of pyridine rings is 2. The first kappa shape index (κ1) is 27.7. The van der Waals surface area contributed by atoms with E-state index in [9.17, 15) is 8.42 Å². The van der Waals surface area contributed by atoms with Gasteiger partial charge in [0.15, 0.2) is 14.9 Å². The molecule has 42 heavy (non-hydrogen) atoms. The van der Waals surface area contributed by atoms with Crippen LogP contribution < -0.4 is 15.4 Å². The van der Waals surface area contributed by atoms with Crippen molar-refractivity contribution in [1.82, 2.24) is 25.3 Å². The Hall–Kier alpha value is -4.41. The third kappa shape index (κ3) is 5.95. The van der Waals surface area contributed by atoms with E-state index in [0.717, 1.165) is 47.8 Å². The maximum Gasteiger partial charge on any atom is 0.228 e. The topological polar surface area (TPSA) is 119 Å². The van der Waals surface area contributed by atoms with Gasteiger partial charge in [0.05, 0.1) is 17.0 Å². The SMILES string of the molecule is Cc1cccc(S(=O)(=O)Cc2cccc3c(Oc4ncccc4-c4ccnc(N[C@H]5CCCNC5)n4)c(C)ccc23)n1. The number of hydrogen-bond acceptors (Lipinski definition) is 9. The van der Waals surface area contributed by atoms with Gasteiger partial charge in [-0.05, 0) is 80.1 Å². The van der Waals surface area contributed by atoms with Crippen molar-refractivity contribution in [1.29, 1.82) is 0 Å². The summed E-state index contributed by atoms with van der Waals surface area (Å²) in [6, 6.07) is 20.4. The number of anilines is 1. The van der Waals surface area contributed by atoms with Crippen LogP contribution in [-0.2, 0) is 15.6 Å². The molecule has 0 bridgehead atoms. The first-order valence-corrected chi connectivity index (χ1v) is 15.6. The average molecular weight is 581 g/mol. The van der Waals surface area contributed by atoms with Crippen LogP contribution in [0.1, 0.15) is 29.7 Å². The molecule has 0 saturated carbocycles. The largest absolute Gasteiger partial charge is 0.437 e. The number of sulfone groups is 1. The first-order valence-electron chi connectivity index (χ1n) is 14.0. The smallest absolute Gasteiger partial charge is 0.228 e. The average Bonchev–Trinajstić information content (AvgIpc) is 2.99. The number of ether oxygens (including phenoxy) is 1. The summed E-state index contributed by atoms with van der Waals surface area (Å²) in [5.74, 6) is 1.40. The van der Waals surface area contributed by atoms with E-state index in [1.165, 1.54) is 6.07 Å². The van der Waals surface area contributed by atoms with Crippen LogP contribution in [0.3, 0.4) is 0 Å². The van der Waals surface area contributed by atoms with Gasteiger partial charge < -0.3 is 15.4 Å². The molecular formula is C32H32N6O3S. The molecule has 4 heterocycles. The molecule has 0 radical (unpaired) electrons. The van der Waals surface area contributed by atoms with E-state index in [4.69, 9.17) is 9.72 Å². The molecule has 5 aromatic rings. The van der Waals surface area contributed by atoms with Crippen LogP contribution in [0, 0.1) is 13.8 Å². The number of hydrogen-bond donors (Lipinski definition) is 2. The highest BCUT2D eigenvalue weighted by Gasteiger charge is 2.21. The molecule has 1 saturated heterocycles. The van der Waals surface area contributed by atoms with Crippen LogP contribution in [0.15, 0.2) is 84.1 Å². The number of aromatic nitrogens is 4. The summed E-state index contributed by atoms with van der Waals surface area (Å²) < 4.78 is 33.1. The second kappa shape index (κ2) is 11.8. The van der Waals surface area contributed by atoms with Crippen molar-refractivity contribution in [2.45, 2.75) is 43.5 Å². The molecule has 2 N–H and O–H groups in total. The molecule has 0 amide bonds. The fraction of sp³-hybridized carbons (Fsp3) is 0.250. The molecular weight excluding hydrogens is 548 g/mol. The molecule has 9 nitrogen and oxygen atoms in total. The van der Waals surface area contributed by atoms with Crippen LogP contribution in [0.2, 0.25) is 0 Å². The first-order chi connectivity index (χ1) is 20.4. The highest BCUT2D eigenvalue weighted by molar-refractivity contribution is 7.90. The molecule has 0 spiro atoms. The number of fused-ring (bicyclic) bond motifs is 1. The van der Waals surface area contributed by atoms with Crippen LogP contribution in [0.25, 0.3) is 22.0 Å². The van der Waals surface area contributed by atoms with Crippen LogP contribution in [0.5, 0.6) is 11.6 Å². The van der Waals surface area contributed by atoms with Crippen molar-refractivity contribution in [3.05, 3.63) is 95.9 Å². The lowest BCUT2D eigenvalue weighted by molar-refractivity contribution is 0.466. The lowest BCUT2D eigenvalue weighted by Crippen LogP contribution is -2.38. The maximum atomic E-state index is 13.3. The van der Waals surface area contributed by atoms with Crippen LogP contribution in [0.4, 0.5) is 5.95 Å². The molecule has 1 aliphatic rings. The highest BCUT2D eigenvalue weighted by atomic mass is 32.2. The summed E-state index contributed by atoms with van der Waals surface area (Å²) in [4.78, 5) is 18.0. The summed E-state index contributed by atoms with van der Waals surface area (Å²) in [6.45, 7) is 5.65. The van der Waals surface area contributed by atoms with Gasteiger partial charge in [-0.1, -0.05) is 36.4 Å². The molecule has 1 fully saturated rings. The summed E-state index contributed by atoms with van der Waals surface area (Å²) in [5, 5.41) is 8.49. The van der Waals surface area contributed by atoms with E-state index < -0.39 is 9.84 Å². The molecule has 1 aliphatic heterocycles. The van der Waals surface area contributed by atoms with Gasteiger partial charge in [-0.3, -0.25) is 0 Å². The van der Waals surface area contributed by atoms with Crippen molar-refractivity contribution in [3.8, 4) is 22.9 Å². The van der Waals surface area contributed by atoms with E-state index >= 15 is 0 Å². The Kier molecular flexibility index (Phi) is 7.82. The number of benzene rings is 2. The van der Waals surface area contributed by atoms with Crippen molar-refractivity contribution >= 4 is 26.6 Å². The van der Waals surface area contributed by atoms with Crippen LogP contribution in [-0.4, -0.2) is 47.5 Å². The van der Waals surface area contributed by atoms with Gasteiger partial charge in [0.1, 0.15) is 5.75 Å².